The predicted octanol–water partition coefficient (Wildman–Crippen LogP) is 4.63. The molecule has 9 heteroatoms. The summed E-state index contributed by atoms with van der Waals surface area (Å²) in [7, 11) is -2.21. The van der Waals surface area contributed by atoms with Crippen LogP contribution in [-0.2, 0) is 21.2 Å². The largest absolute Gasteiger partial charge is 0.496 e. The van der Waals surface area contributed by atoms with E-state index in [1.54, 1.807) is 31.4 Å². The molecule has 1 unspecified atom stereocenters. The van der Waals surface area contributed by atoms with Crippen LogP contribution in [0.3, 0.4) is 0 Å². The molecule has 1 saturated heterocycles. The lowest BCUT2D eigenvalue weighted by Gasteiger charge is -2.35. The van der Waals surface area contributed by atoms with Crippen molar-refractivity contribution in [2.75, 3.05) is 38.3 Å². The molecule has 1 atom stereocenters. The van der Waals surface area contributed by atoms with Gasteiger partial charge in [0.05, 0.1) is 31.0 Å². The molecular weight excluding hydrogens is 498 g/mol. The van der Waals surface area contributed by atoms with Gasteiger partial charge in [0.15, 0.2) is 0 Å². The zero-order valence-electron chi connectivity index (χ0n) is 20.2. The van der Waals surface area contributed by atoms with E-state index in [0.29, 0.717) is 42.4 Å². The van der Waals surface area contributed by atoms with E-state index in [1.807, 2.05) is 42.2 Å². The van der Waals surface area contributed by atoms with Crippen molar-refractivity contribution in [1.29, 1.82) is 5.26 Å². The number of hydrogen-bond acceptors (Lipinski definition) is 6. The average Bonchev–Trinajstić information content (AvgIpc) is 2.89. The van der Waals surface area contributed by atoms with Gasteiger partial charge in [-0.05, 0) is 66.4 Å². The minimum Gasteiger partial charge on any atom is -0.496 e. The molecule has 0 aliphatic carbocycles. The van der Waals surface area contributed by atoms with Gasteiger partial charge >= 0.3 is 0 Å². The van der Waals surface area contributed by atoms with E-state index in [0.717, 1.165) is 22.4 Å². The molecule has 0 spiro atoms. The summed E-state index contributed by atoms with van der Waals surface area (Å²) in [6.45, 7) is 3.65. The lowest BCUT2D eigenvalue weighted by atomic mass is 10.1. The maximum absolute atomic E-state index is 13.4. The van der Waals surface area contributed by atoms with Crippen LogP contribution in [0.5, 0.6) is 5.75 Å². The van der Waals surface area contributed by atoms with E-state index in [2.05, 4.69) is 10.8 Å². The van der Waals surface area contributed by atoms with E-state index in [1.165, 1.54) is 6.07 Å². The second kappa shape index (κ2) is 11.3. The molecule has 1 aliphatic heterocycles. The van der Waals surface area contributed by atoms with Crippen LogP contribution in [-0.4, -0.2) is 41.8 Å². The highest BCUT2D eigenvalue weighted by Crippen LogP contribution is 2.32. The maximum Gasteiger partial charge on any atom is 0.242 e. The second-order valence-electron chi connectivity index (χ2n) is 8.60. The van der Waals surface area contributed by atoms with Gasteiger partial charge in [-0.15, -0.1) is 0 Å². The smallest absolute Gasteiger partial charge is 0.242 e. The van der Waals surface area contributed by atoms with Gasteiger partial charge in [0.1, 0.15) is 16.7 Å². The Hall–Kier alpha value is -3.09. The van der Waals surface area contributed by atoms with Gasteiger partial charge in [-0.2, -0.15) is 5.26 Å². The van der Waals surface area contributed by atoms with Crippen LogP contribution in [0.25, 0.3) is 0 Å². The quantitative estimate of drug-likeness (QED) is 0.461. The van der Waals surface area contributed by atoms with Crippen molar-refractivity contribution < 1.29 is 17.9 Å². The Morgan fingerprint density at radius 3 is 2.67 bits per heavy atom. The molecule has 0 aromatic heterocycles. The van der Waals surface area contributed by atoms with E-state index in [4.69, 9.17) is 26.3 Å². The molecule has 3 aromatic carbocycles. The number of anilines is 1. The minimum absolute atomic E-state index is 0.136. The zero-order chi connectivity index (χ0) is 25.7. The van der Waals surface area contributed by atoms with Crippen molar-refractivity contribution >= 4 is 27.3 Å². The average molecular weight is 526 g/mol. The Morgan fingerprint density at radius 2 is 1.94 bits per heavy atom. The fourth-order valence-corrected chi connectivity index (χ4v) is 5.75. The summed E-state index contributed by atoms with van der Waals surface area (Å²) in [5.41, 5.74) is 4.09. The van der Waals surface area contributed by atoms with Crippen molar-refractivity contribution in [3.8, 4) is 11.8 Å². The van der Waals surface area contributed by atoms with Gasteiger partial charge in [0.2, 0.25) is 10.0 Å². The molecule has 36 heavy (non-hydrogen) atoms. The molecule has 7 nitrogen and oxygen atoms in total. The van der Waals surface area contributed by atoms with Crippen molar-refractivity contribution in [2.24, 2.45) is 0 Å². The van der Waals surface area contributed by atoms with Gasteiger partial charge in [-0.3, -0.25) is 0 Å². The van der Waals surface area contributed by atoms with E-state index in [-0.39, 0.29) is 17.5 Å². The third-order valence-electron chi connectivity index (χ3n) is 6.21. The predicted molar refractivity (Wildman–Crippen MR) is 140 cm³/mol. The molecule has 188 valence electrons. The Labute approximate surface area is 217 Å². The Morgan fingerprint density at radius 1 is 1.17 bits per heavy atom. The number of ether oxygens (including phenoxy) is 2. The molecule has 0 saturated carbocycles. The number of nitriles is 1. The molecule has 1 fully saturated rings. The fourth-order valence-electron chi connectivity index (χ4n) is 4.23. The molecule has 0 amide bonds. The lowest BCUT2D eigenvalue weighted by molar-refractivity contribution is 0.0396. The van der Waals surface area contributed by atoms with Crippen molar-refractivity contribution in [3.63, 3.8) is 0 Å². The first kappa shape index (κ1) is 26.0. The molecule has 4 rings (SSSR count). The molecule has 0 radical (unpaired) electrons. The third-order valence-corrected chi connectivity index (χ3v) is 7.93. The number of morpholine rings is 1. The number of hydrogen-bond donors (Lipinski definition) is 1. The van der Waals surface area contributed by atoms with Crippen LogP contribution >= 0.6 is 11.6 Å². The monoisotopic (exact) mass is 525 g/mol. The third kappa shape index (κ3) is 6.00. The van der Waals surface area contributed by atoms with Gasteiger partial charge in [-0.1, -0.05) is 35.9 Å². The van der Waals surface area contributed by atoms with Crippen molar-refractivity contribution in [3.05, 3.63) is 87.9 Å². The first-order chi connectivity index (χ1) is 17.3. The van der Waals surface area contributed by atoms with Crippen molar-refractivity contribution in [1.82, 2.24) is 4.72 Å². The zero-order valence-corrected chi connectivity index (χ0v) is 21.8. The number of nitrogens with one attached hydrogen (secondary N) is 1. The van der Waals surface area contributed by atoms with Gasteiger partial charge in [-0.25, -0.2) is 13.1 Å². The summed E-state index contributed by atoms with van der Waals surface area (Å²) in [6, 6.07) is 20.1. The van der Waals surface area contributed by atoms with Crippen LogP contribution in [0, 0.1) is 18.3 Å². The van der Waals surface area contributed by atoms with Crippen LogP contribution in [0.15, 0.2) is 65.6 Å². The summed E-state index contributed by atoms with van der Waals surface area (Å²) in [4.78, 5) is 2.14. The topological polar surface area (TPSA) is 91.7 Å². The summed E-state index contributed by atoms with van der Waals surface area (Å²) >= 11 is 6.22. The summed E-state index contributed by atoms with van der Waals surface area (Å²) in [6.07, 6.45) is 0.270. The summed E-state index contributed by atoms with van der Waals surface area (Å²) < 4.78 is 40.8. The molecule has 3 aromatic rings. The number of halogens is 1. The number of rotatable bonds is 8. The highest BCUT2D eigenvalue weighted by molar-refractivity contribution is 7.89. The molecular formula is C27H28ClN3O4S. The van der Waals surface area contributed by atoms with Gasteiger partial charge in [0, 0.05) is 24.7 Å². The number of sulfonamides is 1. The van der Waals surface area contributed by atoms with Crippen LogP contribution in [0.2, 0.25) is 5.02 Å². The van der Waals surface area contributed by atoms with Crippen LogP contribution < -0.4 is 14.4 Å². The Kier molecular flexibility index (Phi) is 8.17. The molecule has 1 aliphatic rings. The number of methoxy groups -OCH3 is 1. The van der Waals surface area contributed by atoms with E-state index >= 15 is 0 Å². The number of nitrogens with zero attached hydrogens (tertiary/aromatic N) is 2. The number of benzene rings is 3. The first-order valence-electron chi connectivity index (χ1n) is 11.6. The molecule has 1 heterocycles. The van der Waals surface area contributed by atoms with Crippen LogP contribution in [0.4, 0.5) is 5.69 Å². The van der Waals surface area contributed by atoms with E-state index < -0.39 is 10.0 Å². The normalized spacial score (nSPS) is 15.9. The minimum atomic E-state index is -3.83. The Bertz CT molecular complexity index is 1370. The maximum atomic E-state index is 13.4. The Balaban J connectivity index is 1.51. The van der Waals surface area contributed by atoms with Crippen LogP contribution in [0.1, 0.15) is 28.4 Å². The molecule has 0 bridgehead atoms. The number of aryl methyl sites for hydroxylation is 1. The fraction of sp³-hybridized carbons (Fsp3) is 0.296. The SMILES string of the molecule is COc1cc(CCNS(=O)(=O)c2cc(Cl)ccc2N2CCOC(c3ccc(C#N)cc3)C2)ccc1C. The van der Waals surface area contributed by atoms with E-state index in [9.17, 15) is 8.42 Å². The van der Waals surface area contributed by atoms with Gasteiger partial charge < -0.3 is 14.4 Å². The summed E-state index contributed by atoms with van der Waals surface area (Å²) in [5, 5.41) is 9.40. The first-order valence-corrected chi connectivity index (χ1v) is 13.5. The van der Waals surface area contributed by atoms with Gasteiger partial charge in [0.25, 0.3) is 0 Å². The second-order valence-corrected chi connectivity index (χ2v) is 10.8. The lowest BCUT2D eigenvalue weighted by Crippen LogP contribution is -2.39. The van der Waals surface area contributed by atoms with Crippen molar-refractivity contribution in [2.45, 2.75) is 24.3 Å². The highest BCUT2D eigenvalue weighted by atomic mass is 35.5. The summed E-state index contributed by atoms with van der Waals surface area (Å²) in [5.74, 6) is 0.775. The standard InChI is InChI=1S/C27H28ClN3O4S/c1-19-3-4-20(15-25(19)34-2)11-12-30-36(32,33)27-16-23(28)9-10-24(27)31-13-14-35-26(18-31)22-7-5-21(17-29)6-8-22/h3-10,15-16,26,30H,11-14,18H2,1-2H3. The highest BCUT2D eigenvalue weighted by Gasteiger charge is 2.27. The molecule has 1 N–H and O–H groups in total.